The average molecular weight is 565 g/mol. The predicted molar refractivity (Wildman–Crippen MR) is 169 cm³/mol. The maximum absolute atomic E-state index is 5.86. The molecule has 0 radical (unpaired) electrons. The molecule has 41 heavy (non-hydrogen) atoms. The fourth-order valence-electron chi connectivity index (χ4n) is 4.19. The van der Waals surface area contributed by atoms with Gasteiger partial charge in [0, 0.05) is 25.8 Å². The minimum Gasteiger partial charge on any atom is -0.497 e. The molecule has 224 valence electrons. The number of benzene rings is 2. The molecule has 0 bridgehead atoms. The number of ether oxygens (including phenoxy) is 6. The maximum atomic E-state index is 5.86. The first-order valence-corrected chi connectivity index (χ1v) is 14.0. The van der Waals surface area contributed by atoms with Gasteiger partial charge in [-0.2, -0.15) is 0 Å². The highest BCUT2D eigenvalue weighted by Crippen LogP contribution is 2.35. The Morgan fingerprint density at radius 3 is 1.85 bits per heavy atom. The van der Waals surface area contributed by atoms with Gasteiger partial charge in [0.1, 0.15) is 11.5 Å². The monoisotopic (exact) mass is 564 g/mol. The average Bonchev–Trinajstić information content (AvgIpc) is 2.95. The summed E-state index contributed by atoms with van der Waals surface area (Å²) in [7, 11) is 6.56. The van der Waals surface area contributed by atoms with Crippen LogP contribution in [-0.2, 0) is 22.3 Å². The molecule has 0 atom stereocenters. The van der Waals surface area contributed by atoms with Crippen LogP contribution in [0.4, 0.5) is 0 Å². The van der Waals surface area contributed by atoms with Crippen LogP contribution in [0.2, 0.25) is 0 Å². The van der Waals surface area contributed by atoms with Crippen molar-refractivity contribution in [3.8, 4) is 23.0 Å². The van der Waals surface area contributed by atoms with Crippen LogP contribution < -0.4 is 18.9 Å². The molecule has 0 aromatic heterocycles. The first-order chi connectivity index (χ1) is 19.7. The predicted octanol–water partition coefficient (Wildman–Crippen LogP) is 8.58. The van der Waals surface area contributed by atoms with Gasteiger partial charge in [0.05, 0.1) is 14.2 Å². The minimum atomic E-state index is 0.107. The van der Waals surface area contributed by atoms with E-state index in [0.29, 0.717) is 11.5 Å². The van der Waals surface area contributed by atoms with Gasteiger partial charge in [-0.15, -0.1) is 0 Å². The molecule has 6 heteroatoms. The van der Waals surface area contributed by atoms with Crippen LogP contribution in [-0.4, -0.2) is 42.0 Å². The van der Waals surface area contributed by atoms with Crippen molar-refractivity contribution in [3.05, 3.63) is 81.5 Å². The molecular formula is C35H48O6. The summed E-state index contributed by atoms with van der Waals surface area (Å²) in [4.78, 5) is 0. The van der Waals surface area contributed by atoms with Crippen molar-refractivity contribution < 1.29 is 28.4 Å². The van der Waals surface area contributed by atoms with Crippen LogP contribution in [0.1, 0.15) is 69.7 Å². The molecule has 2 rings (SSSR count). The highest BCUT2D eigenvalue weighted by atomic mass is 16.7. The largest absolute Gasteiger partial charge is 0.497 e. The number of allylic oxidation sites excluding steroid dienone is 6. The molecule has 0 fully saturated rings. The van der Waals surface area contributed by atoms with Gasteiger partial charge in [-0.3, -0.25) is 0 Å². The Bertz CT molecular complexity index is 1230. The van der Waals surface area contributed by atoms with Gasteiger partial charge < -0.3 is 28.4 Å². The van der Waals surface area contributed by atoms with E-state index in [1.807, 2.05) is 18.2 Å². The second kappa shape index (κ2) is 18.1. The number of hydrogen-bond acceptors (Lipinski definition) is 6. The molecule has 6 nitrogen and oxygen atoms in total. The molecule has 0 aliphatic rings. The quantitative estimate of drug-likeness (QED) is 0.109. The summed E-state index contributed by atoms with van der Waals surface area (Å²) < 4.78 is 33.4. The minimum absolute atomic E-state index is 0.107. The molecule has 0 amide bonds. The Balaban J connectivity index is 2.58. The molecule has 0 spiro atoms. The first-order valence-electron chi connectivity index (χ1n) is 14.0. The number of hydrogen-bond donors (Lipinski definition) is 0. The van der Waals surface area contributed by atoms with E-state index in [1.165, 1.54) is 16.7 Å². The molecule has 2 aromatic carbocycles. The Morgan fingerprint density at radius 1 is 0.634 bits per heavy atom. The summed E-state index contributed by atoms with van der Waals surface area (Å²) in [5.41, 5.74) is 8.19. The smallest absolute Gasteiger partial charge is 0.188 e. The third-order valence-electron chi connectivity index (χ3n) is 6.46. The van der Waals surface area contributed by atoms with Crippen molar-refractivity contribution in [2.75, 3.05) is 42.0 Å². The Kier molecular flexibility index (Phi) is 14.8. The van der Waals surface area contributed by atoms with Crippen molar-refractivity contribution in [1.82, 2.24) is 0 Å². The van der Waals surface area contributed by atoms with Gasteiger partial charge >= 0.3 is 0 Å². The fraction of sp³-hybridized carbons (Fsp3) is 0.429. The molecule has 0 saturated carbocycles. The Morgan fingerprint density at radius 2 is 1.27 bits per heavy atom. The molecule has 0 N–H and O–H groups in total. The van der Waals surface area contributed by atoms with Crippen LogP contribution in [0.25, 0.3) is 12.2 Å². The second-order valence-electron chi connectivity index (χ2n) is 10.4. The van der Waals surface area contributed by atoms with Crippen molar-refractivity contribution >= 4 is 12.2 Å². The first kappa shape index (κ1) is 33.7. The highest BCUT2D eigenvalue weighted by Gasteiger charge is 2.13. The van der Waals surface area contributed by atoms with Crippen LogP contribution in [0.5, 0.6) is 23.0 Å². The van der Waals surface area contributed by atoms with Crippen LogP contribution >= 0.6 is 0 Å². The highest BCUT2D eigenvalue weighted by molar-refractivity contribution is 5.76. The van der Waals surface area contributed by atoms with E-state index in [9.17, 15) is 0 Å². The van der Waals surface area contributed by atoms with Gasteiger partial charge in [0.25, 0.3) is 0 Å². The van der Waals surface area contributed by atoms with Gasteiger partial charge in [0.15, 0.2) is 25.1 Å². The lowest BCUT2D eigenvalue weighted by molar-refractivity contribution is 0.0322. The molecule has 0 aliphatic heterocycles. The van der Waals surface area contributed by atoms with Crippen LogP contribution in [0.3, 0.4) is 0 Å². The SMILES string of the molecule is COCOc1cc(/C=C/c2cc(OC)cc(OC)c2C/C=C(\C)CCC=C(C)C)c(CC=C(C)C)cc1OCOC. The zero-order chi connectivity index (χ0) is 30.2. The lowest BCUT2D eigenvalue weighted by Crippen LogP contribution is -2.05. The molecular weight excluding hydrogens is 516 g/mol. The molecule has 2 aromatic rings. The molecule has 0 aliphatic carbocycles. The Labute approximate surface area is 247 Å². The standard InChI is InChI=1S/C35H48O6/c1-25(2)11-10-12-27(5)14-18-32-30(19-31(38-8)22-33(32)39-9)17-16-29-21-35(41-24-37-7)34(40-23-36-6)20-28(29)15-13-26(3)4/h11,13-14,16-17,19-22H,10,12,15,18,23-24H2,1-9H3/b17-16+,27-14+. The molecule has 0 saturated heterocycles. The van der Waals surface area contributed by atoms with E-state index in [2.05, 4.69) is 71.1 Å². The zero-order valence-electron chi connectivity index (χ0n) is 26.4. The van der Waals surface area contributed by atoms with E-state index in [1.54, 1.807) is 28.4 Å². The number of rotatable bonds is 17. The Hall–Kier alpha value is -3.48. The zero-order valence-corrected chi connectivity index (χ0v) is 26.4. The van der Waals surface area contributed by atoms with E-state index in [-0.39, 0.29) is 13.6 Å². The summed E-state index contributed by atoms with van der Waals surface area (Å²) in [6, 6.07) is 7.99. The van der Waals surface area contributed by atoms with Gasteiger partial charge in [0.2, 0.25) is 0 Å². The summed E-state index contributed by atoms with van der Waals surface area (Å²) >= 11 is 0. The third-order valence-corrected chi connectivity index (χ3v) is 6.46. The van der Waals surface area contributed by atoms with E-state index in [0.717, 1.165) is 59.4 Å². The summed E-state index contributed by atoms with van der Waals surface area (Å²) in [6.07, 6.45) is 14.6. The van der Waals surface area contributed by atoms with Crippen molar-refractivity contribution in [3.63, 3.8) is 0 Å². The summed E-state index contributed by atoms with van der Waals surface area (Å²) in [5, 5.41) is 0. The van der Waals surface area contributed by atoms with Gasteiger partial charge in [-0.1, -0.05) is 47.1 Å². The van der Waals surface area contributed by atoms with E-state index >= 15 is 0 Å². The fourth-order valence-corrected chi connectivity index (χ4v) is 4.19. The molecule has 0 heterocycles. The van der Waals surface area contributed by atoms with Crippen molar-refractivity contribution in [2.24, 2.45) is 0 Å². The van der Waals surface area contributed by atoms with Crippen molar-refractivity contribution in [2.45, 2.75) is 60.3 Å². The summed E-state index contributed by atoms with van der Waals surface area (Å²) in [5.74, 6) is 2.74. The van der Waals surface area contributed by atoms with Gasteiger partial charge in [-0.05, 0) is 95.2 Å². The second-order valence-corrected chi connectivity index (χ2v) is 10.4. The van der Waals surface area contributed by atoms with Crippen LogP contribution in [0.15, 0.2) is 59.2 Å². The maximum Gasteiger partial charge on any atom is 0.188 e. The lowest BCUT2D eigenvalue weighted by atomic mass is 9.97. The normalized spacial score (nSPS) is 11.4. The van der Waals surface area contributed by atoms with Gasteiger partial charge in [-0.25, -0.2) is 0 Å². The lowest BCUT2D eigenvalue weighted by Gasteiger charge is -2.16. The molecule has 0 unspecified atom stereocenters. The van der Waals surface area contributed by atoms with Crippen LogP contribution in [0, 0.1) is 0 Å². The summed E-state index contributed by atoms with van der Waals surface area (Å²) in [6.45, 7) is 10.9. The number of methoxy groups -OCH3 is 4. The van der Waals surface area contributed by atoms with E-state index in [4.69, 9.17) is 28.4 Å². The topological polar surface area (TPSA) is 55.4 Å². The third kappa shape index (κ3) is 11.5. The van der Waals surface area contributed by atoms with E-state index < -0.39 is 0 Å². The van der Waals surface area contributed by atoms with Crippen molar-refractivity contribution in [1.29, 1.82) is 0 Å².